The second kappa shape index (κ2) is 12.3. The number of hydrogen-bond donors (Lipinski definition) is 0. The zero-order chi connectivity index (χ0) is 34.4. The summed E-state index contributed by atoms with van der Waals surface area (Å²) in [6, 6.07) is 62.6. The van der Waals surface area contributed by atoms with E-state index in [0.717, 1.165) is 66.9 Å². The van der Waals surface area contributed by atoms with Gasteiger partial charge in [0.25, 0.3) is 0 Å². The van der Waals surface area contributed by atoms with Gasteiger partial charge >= 0.3 is 0 Å². The molecule has 0 aliphatic heterocycles. The van der Waals surface area contributed by atoms with Crippen molar-refractivity contribution in [1.29, 1.82) is 0 Å². The lowest BCUT2D eigenvalue weighted by Crippen LogP contribution is -2.01. The summed E-state index contributed by atoms with van der Waals surface area (Å²) >= 11 is 0. The second-order valence-electron chi connectivity index (χ2n) is 12.7. The van der Waals surface area contributed by atoms with Gasteiger partial charge in [0.1, 0.15) is 11.3 Å². The Morgan fingerprint density at radius 1 is 0.327 bits per heavy atom. The van der Waals surface area contributed by atoms with Crippen LogP contribution >= 0.6 is 0 Å². The molecule has 6 nitrogen and oxygen atoms in total. The van der Waals surface area contributed by atoms with E-state index in [1.807, 2.05) is 72.8 Å². The van der Waals surface area contributed by atoms with Crippen molar-refractivity contribution in [2.75, 3.05) is 0 Å². The third-order valence-corrected chi connectivity index (χ3v) is 9.57. The number of nitrogens with zero attached hydrogens (tertiary/aromatic N) is 6. The van der Waals surface area contributed by atoms with E-state index < -0.39 is 0 Å². The number of para-hydroxylation sites is 2. The molecule has 6 heteroatoms. The fraction of sp³-hybridized carbons (Fsp3) is 0. The fourth-order valence-corrected chi connectivity index (χ4v) is 7.20. The van der Waals surface area contributed by atoms with Gasteiger partial charge in [0.2, 0.25) is 0 Å². The summed E-state index contributed by atoms with van der Waals surface area (Å²) in [6.07, 6.45) is 0. The van der Waals surface area contributed by atoms with E-state index in [0.29, 0.717) is 17.5 Å². The van der Waals surface area contributed by atoms with Crippen molar-refractivity contribution < 1.29 is 0 Å². The highest BCUT2D eigenvalue weighted by Crippen LogP contribution is 2.39. The quantitative estimate of drug-likeness (QED) is 0.177. The second-order valence-corrected chi connectivity index (χ2v) is 12.7. The minimum atomic E-state index is 0.611. The van der Waals surface area contributed by atoms with E-state index >= 15 is 0 Å². The largest absolute Gasteiger partial charge is 0.307 e. The van der Waals surface area contributed by atoms with E-state index in [1.54, 1.807) is 0 Å². The highest BCUT2D eigenvalue weighted by atomic mass is 15.1. The molecule has 0 aliphatic carbocycles. The smallest absolute Gasteiger partial charge is 0.164 e. The van der Waals surface area contributed by atoms with Crippen LogP contribution in [0.25, 0.3) is 89.8 Å². The minimum Gasteiger partial charge on any atom is -0.307 e. The molecule has 0 spiro atoms. The Bertz CT molecular complexity index is 2820. The average Bonchev–Trinajstić information content (AvgIpc) is 3.79. The molecule has 244 valence electrons. The molecule has 3 aromatic heterocycles. The lowest BCUT2D eigenvalue weighted by atomic mass is 10.1. The van der Waals surface area contributed by atoms with E-state index in [1.165, 1.54) is 5.39 Å². The summed E-state index contributed by atoms with van der Waals surface area (Å²) in [6.45, 7) is 0. The number of imidazole rings is 1. The Hall–Kier alpha value is -7.18. The van der Waals surface area contributed by atoms with Gasteiger partial charge in [-0.25, -0.2) is 19.9 Å². The van der Waals surface area contributed by atoms with Crippen molar-refractivity contribution in [3.05, 3.63) is 182 Å². The topological polar surface area (TPSA) is 61.4 Å². The van der Waals surface area contributed by atoms with Gasteiger partial charge in [-0.05, 0) is 42.5 Å². The van der Waals surface area contributed by atoms with E-state index in [-0.39, 0.29) is 0 Å². The van der Waals surface area contributed by atoms with Crippen LogP contribution in [0.2, 0.25) is 0 Å². The van der Waals surface area contributed by atoms with Gasteiger partial charge in [-0.1, -0.05) is 140 Å². The van der Waals surface area contributed by atoms with Crippen LogP contribution in [-0.4, -0.2) is 29.1 Å². The Balaban J connectivity index is 1.23. The molecular weight excluding hydrogens is 637 g/mol. The molecule has 0 amide bonds. The molecule has 0 N–H and O–H groups in total. The summed E-state index contributed by atoms with van der Waals surface area (Å²) in [7, 11) is 0. The molecule has 0 unspecified atom stereocenters. The van der Waals surface area contributed by atoms with Crippen molar-refractivity contribution in [3.63, 3.8) is 0 Å². The summed E-state index contributed by atoms with van der Waals surface area (Å²) in [4.78, 5) is 20.4. The fourth-order valence-electron chi connectivity index (χ4n) is 7.20. The van der Waals surface area contributed by atoms with Gasteiger partial charge in [0, 0.05) is 44.4 Å². The molecule has 10 rings (SSSR count). The van der Waals surface area contributed by atoms with Crippen LogP contribution in [0.3, 0.4) is 0 Å². The molecule has 3 heterocycles. The molecule has 0 saturated heterocycles. The zero-order valence-corrected chi connectivity index (χ0v) is 28.0. The molecule has 0 atom stereocenters. The first-order valence-corrected chi connectivity index (χ1v) is 17.3. The Kier molecular flexibility index (Phi) is 7.03. The molecule has 0 radical (unpaired) electrons. The first-order valence-electron chi connectivity index (χ1n) is 17.3. The third-order valence-electron chi connectivity index (χ3n) is 9.57. The van der Waals surface area contributed by atoms with E-state index in [4.69, 9.17) is 19.9 Å². The minimum absolute atomic E-state index is 0.611. The summed E-state index contributed by atoms with van der Waals surface area (Å²) in [5.74, 6) is 2.77. The third kappa shape index (κ3) is 4.96. The van der Waals surface area contributed by atoms with Gasteiger partial charge in [-0.2, -0.15) is 0 Å². The van der Waals surface area contributed by atoms with Gasteiger partial charge < -0.3 is 4.57 Å². The maximum atomic E-state index is 5.45. The van der Waals surface area contributed by atoms with Crippen LogP contribution in [0, 0.1) is 0 Å². The average molecular weight is 667 g/mol. The Labute approximate surface area is 300 Å². The van der Waals surface area contributed by atoms with E-state index in [9.17, 15) is 0 Å². The van der Waals surface area contributed by atoms with Crippen LogP contribution in [0.1, 0.15) is 0 Å². The highest BCUT2D eigenvalue weighted by Gasteiger charge is 2.22. The number of rotatable bonds is 6. The van der Waals surface area contributed by atoms with Crippen LogP contribution in [0.5, 0.6) is 0 Å². The van der Waals surface area contributed by atoms with E-state index in [2.05, 4.69) is 118 Å². The van der Waals surface area contributed by atoms with Gasteiger partial charge in [0.15, 0.2) is 17.5 Å². The molecule has 0 bridgehead atoms. The Morgan fingerprint density at radius 2 is 0.846 bits per heavy atom. The number of benzene rings is 7. The van der Waals surface area contributed by atoms with Crippen LogP contribution in [0.4, 0.5) is 0 Å². The summed E-state index contributed by atoms with van der Waals surface area (Å²) < 4.78 is 4.61. The van der Waals surface area contributed by atoms with Crippen molar-refractivity contribution in [1.82, 2.24) is 29.1 Å². The lowest BCUT2D eigenvalue weighted by molar-refractivity contribution is 1.07. The lowest BCUT2D eigenvalue weighted by Gasteiger charge is -2.12. The normalized spacial score (nSPS) is 11.5. The van der Waals surface area contributed by atoms with Crippen molar-refractivity contribution in [2.24, 2.45) is 0 Å². The van der Waals surface area contributed by atoms with Crippen molar-refractivity contribution in [2.45, 2.75) is 0 Å². The predicted molar refractivity (Wildman–Crippen MR) is 211 cm³/mol. The molecular formula is C46H30N6. The van der Waals surface area contributed by atoms with Crippen LogP contribution in [0.15, 0.2) is 182 Å². The van der Waals surface area contributed by atoms with Crippen molar-refractivity contribution >= 4 is 32.8 Å². The summed E-state index contributed by atoms with van der Waals surface area (Å²) in [5.41, 5.74) is 10.00. The molecule has 10 aromatic rings. The maximum Gasteiger partial charge on any atom is 0.164 e. The first kappa shape index (κ1) is 29.7. The standard InChI is InChI=1S/C46H30N6/c1-5-16-31(17-6-1)43-48-44(32-18-7-2-8-19-32)50-45(49-43)34-22-15-25-36(30-34)51-39-27-14-13-26-37(39)38-28-29-40-41(42(38)51)47-46(33-20-9-3-10-21-33)52(40)35-23-11-4-12-24-35/h1-30H. The number of aromatic nitrogens is 6. The van der Waals surface area contributed by atoms with Gasteiger partial charge in [-0.3, -0.25) is 4.57 Å². The van der Waals surface area contributed by atoms with Crippen molar-refractivity contribution in [3.8, 4) is 56.9 Å². The van der Waals surface area contributed by atoms with Gasteiger partial charge in [0.05, 0.1) is 16.6 Å². The number of hydrogen-bond acceptors (Lipinski definition) is 4. The molecule has 7 aromatic carbocycles. The molecule has 0 fully saturated rings. The highest BCUT2D eigenvalue weighted by molar-refractivity contribution is 6.17. The first-order chi connectivity index (χ1) is 25.8. The SMILES string of the molecule is c1ccc(-c2nc(-c3ccccc3)nc(-c3cccc(-n4c5ccccc5c5ccc6c(nc(-c7ccccc7)n6-c6ccccc6)c54)c3)n2)cc1. The Morgan fingerprint density at radius 3 is 1.50 bits per heavy atom. The monoisotopic (exact) mass is 666 g/mol. The summed E-state index contributed by atoms with van der Waals surface area (Å²) in [5, 5.41) is 2.31. The molecule has 0 saturated carbocycles. The van der Waals surface area contributed by atoms with Crippen LogP contribution < -0.4 is 0 Å². The zero-order valence-electron chi connectivity index (χ0n) is 28.0. The van der Waals surface area contributed by atoms with Gasteiger partial charge in [-0.15, -0.1) is 0 Å². The predicted octanol–water partition coefficient (Wildman–Crippen LogP) is 11.0. The molecule has 52 heavy (non-hydrogen) atoms. The molecule has 0 aliphatic rings. The number of fused-ring (bicyclic) bond motifs is 5. The van der Waals surface area contributed by atoms with Crippen LogP contribution in [-0.2, 0) is 0 Å². The maximum absolute atomic E-state index is 5.45.